The highest BCUT2D eigenvalue weighted by Crippen LogP contribution is 2.25. The Morgan fingerprint density at radius 3 is 2.29 bits per heavy atom. The van der Waals surface area contributed by atoms with Crippen molar-refractivity contribution in [2.24, 2.45) is 11.7 Å². The fraction of sp³-hybridized carbons (Fsp3) is 1.00. The van der Waals surface area contributed by atoms with E-state index in [-0.39, 0.29) is 0 Å². The summed E-state index contributed by atoms with van der Waals surface area (Å²) in [6.45, 7) is 3.79. The third-order valence-corrected chi connectivity index (χ3v) is 4.75. The Labute approximate surface area is 106 Å². The van der Waals surface area contributed by atoms with Crippen molar-refractivity contribution < 1.29 is 0 Å². The van der Waals surface area contributed by atoms with Crippen molar-refractivity contribution >= 4 is 0 Å². The first-order valence-corrected chi connectivity index (χ1v) is 7.31. The van der Waals surface area contributed by atoms with Gasteiger partial charge >= 0.3 is 0 Å². The number of rotatable bonds is 3. The topological polar surface area (TPSA) is 32.5 Å². The van der Waals surface area contributed by atoms with Crippen LogP contribution in [0.3, 0.4) is 0 Å². The highest BCUT2D eigenvalue weighted by Gasteiger charge is 2.26. The molecule has 2 unspecified atom stereocenters. The zero-order valence-electron chi connectivity index (χ0n) is 11.6. The summed E-state index contributed by atoms with van der Waals surface area (Å²) >= 11 is 0. The van der Waals surface area contributed by atoms with Gasteiger partial charge < -0.3 is 15.5 Å². The minimum absolute atomic E-state index is 0.468. The minimum atomic E-state index is 0.468. The van der Waals surface area contributed by atoms with Crippen molar-refractivity contribution in [2.45, 2.75) is 50.6 Å². The third kappa shape index (κ3) is 3.67. The van der Waals surface area contributed by atoms with Crippen molar-refractivity contribution in [3.05, 3.63) is 0 Å². The van der Waals surface area contributed by atoms with Gasteiger partial charge in [0, 0.05) is 18.6 Å². The van der Waals surface area contributed by atoms with Gasteiger partial charge in [-0.2, -0.15) is 0 Å². The largest absolute Gasteiger partial charge is 0.327 e. The molecular weight excluding hydrogens is 210 g/mol. The van der Waals surface area contributed by atoms with Crippen LogP contribution in [0.15, 0.2) is 0 Å². The minimum Gasteiger partial charge on any atom is -0.327 e. The van der Waals surface area contributed by atoms with E-state index in [1.54, 1.807) is 0 Å². The summed E-state index contributed by atoms with van der Waals surface area (Å²) in [5.41, 5.74) is 6.24. The van der Waals surface area contributed by atoms with Crippen molar-refractivity contribution in [1.82, 2.24) is 9.80 Å². The van der Waals surface area contributed by atoms with Gasteiger partial charge in [0.25, 0.3) is 0 Å². The van der Waals surface area contributed by atoms with Gasteiger partial charge in [0.1, 0.15) is 0 Å². The number of likely N-dealkylation sites (tertiary alicyclic amines) is 1. The predicted octanol–water partition coefficient (Wildman–Crippen LogP) is 1.53. The molecule has 0 aromatic rings. The molecule has 1 aliphatic carbocycles. The number of hydrogen-bond donors (Lipinski definition) is 1. The zero-order chi connectivity index (χ0) is 12.3. The second-order valence-corrected chi connectivity index (χ2v) is 6.20. The van der Waals surface area contributed by atoms with Gasteiger partial charge in [0.2, 0.25) is 0 Å². The monoisotopic (exact) mass is 239 g/mol. The van der Waals surface area contributed by atoms with E-state index in [0.717, 1.165) is 12.0 Å². The maximum Gasteiger partial charge on any atom is 0.0113 e. The second-order valence-electron chi connectivity index (χ2n) is 6.20. The molecule has 2 rings (SSSR count). The number of hydrogen-bond acceptors (Lipinski definition) is 3. The highest BCUT2D eigenvalue weighted by atomic mass is 15.2. The van der Waals surface area contributed by atoms with Crippen LogP contribution in [0.4, 0.5) is 0 Å². The summed E-state index contributed by atoms with van der Waals surface area (Å²) in [6.07, 6.45) is 8.00. The van der Waals surface area contributed by atoms with E-state index >= 15 is 0 Å². The Balaban J connectivity index is 1.73. The number of nitrogens with zero attached hydrogens (tertiary/aromatic N) is 2. The summed E-state index contributed by atoms with van der Waals surface area (Å²) in [4.78, 5) is 5.03. The molecule has 2 fully saturated rings. The molecule has 0 aromatic heterocycles. The average molecular weight is 239 g/mol. The summed E-state index contributed by atoms with van der Waals surface area (Å²) in [6, 6.07) is 1.27. The first-order valence-electron chi connectivity index (χ1n) is 7.31. The van der Waals surface area contributed by atoms with E-state index in [1.807, 2.05) is 0 Å². The quantitative estimate of drug-likeness (QED) is 0.811. The molecule has 0 bridgehead atoms. The summed E-state index contributed by atoms with van der Waals surface area (Å²) in [5.74, 6) is 0.764. The van der Waals surface area contributed by atoms with Gasteiger partial charge in [-0.1, -0.05) is 12.8 Å². The van der Waals surface area contributed by atoms with Crippen LogP contribution in [-0.4, -0.2) is 55.6 Å². The van der Waals surface area contributed by atoms with Crippen LogP contribution in [0.25, 0.3) is 0 Å². The van der Waals surface area contributed by atoms with Crippen LogP contribution in [0.1, 0.15) is 38.5 Å². The molecule has 2 aliphatic rings. The average Bonchev–Trinajstić information content (AvgIpc) is 2.33. The fourth-order valence-electron chi connectivity index (χ4n) is 3.41. The molecule has 0 spiro atoms. The van der Waals surface area contributed by atoms with Crippen LogP contribution >= 0.6 is 0 Å². The van der Waals surface area contributed by atoms with E-state index in [0.29, 0.717) is 6.04 Å². The Morgan fingerprint density at radius 2 is 1.71 bits per heavy atom. The van der Waals surface area contributed by atoms with Gasteiger partial charge in [-0.15, -0.1) is 0 Å². The molecule has 3 nitrogen and oxygen atoms in total. The van der Waals surface area contributed by atoms with E-state index in [4.69, 9.17) is 5.73 Å². The van der Waals surface area contributed by atoms with Crippen molar-refractivity contribution in [3.8, 4) is 0 Å². The predicted molar refractivity (Wildman–Crippen MR) is 73.1 cm³/mol. The molecular formula is C14H29N3. The second kappa shape index (κ2) is 6.17. The highest BCUT2D eigenvalue weighted by molar-refractivity contribution is 4.83. The molecule has 3 heteroatoms. The van der Waals surface area contributed by atoms with Gasteiger partial charge in [0.05, 0.1) is 0 Å². The molecule has 1 aliphatic heterocycles. The van der Waals surface area contributed by atoms with Crippen LogP contribution in [0.5, 0.6) is 0 Å². The normalized spacial score (nSPS) is 33.2. The van der Waals surface area contributed by atoms with Crippen LogP contribution < -0.4 is 5.73 Å². The third-order valence-electron chi connectivity index (χ3n) is 4.75. The van der Waals surface area contributed by atoms with Crippen molar-refractivity contribution in [2.75, 3.05) is 33.7 Å². The summed E-state index contributed by atoms with van der Waals surface area (Å²) in [5, 5.41) is 0. The first kappa shape index (κ1) is 13.3. The molecule has 0 aromatic carbocycles. The number of piperidine rings is 1. The lowest BCUT2D eigenvalue weighted by Crippen LogP contribution is -2.46. The molecule has 100 valence electrons. The lowest BCUT2D eigenvalue weighted by atomic mass is 9.84. The van der Waals surface area contributed by atoms with E-state index in [1.165, 1.54) is 58.2 Å². The Bertz CT molecular complexity index is 222. The fourth-order valence-corrected chi connectivity index (χ4v) is 3.41. The van der Waals surface area contributed by atoms with Gasteiger partial charge in [-0.25, -0.2) is 0 Å². The lowest BCUT2D eigenvalue weighted by molar-refractivity contribution is 0.115. The summed E-state index contributed by atoms with van der Waals surface area (Å²) < 4.78 is 0. The van der Waals surface area contributed by atoms with Crippen molar-refractivity contribution in [1.29, 1.82) is 0 Å². The van der Waals surface area contributed by atoms with E-state index < -0.39 is 0 Å². The first-order chi connectivity index (χ1) is 8.16. The SMILES string of the molecule is CN(C)C1CCN(CC2CCCCC2N)CC1. The molecule has 1 saturated carbocycles. The number of nitrogens with two attached hydrogens (primary N) is 1. The van der Waals surface area contributed by atoms with E-state index in [9.17, 15) is 0 Å². The molecule has 1 saturated heterocycles. The molecule has 2 N–H and O–H groups in total. The molecule has 1 heterocycles. The van der Waals surface area contributed by atoms with E-state index in [2.05, 4.69) is 23.9 Å². The lowest BCUT2D eigenvalue weighted by Gasteiger charge is -2.39. The maximum absolute atomic E-state index is 6.24. The van der Waals surface area contributed by atoms with Crippen LogP contribution in [0, 0.1) is 5.92 Å². The Kier molecular flexibility index (Phi) is 4.83. The smallest absolute Gasteiger partial charge is 0.0113 e. The van der Waals surface area contributed by atoms with Crippen molar-refractivity contribution in [3.63, 3.8) is 0 Å². The Hall–Kier alpha value is -0.120. The van der Waals surface area contributed by atoms with Gasteiger partial charge in [-0.3, -0.25) is 0 Å². The van der Waals surface area contributed by atoms with Gasteiger partial charge in [0.15, 0.2) is 0 Å². The summed E-state index contributed by atoms with van der Waals surface area (Å²) in [7, 11) is 4.41. The van der Waals surface area contributed by atoms with Gasteiger partial charge in [-0.05, 0) is 58.8 Å². The Morgan fingerprint density at radius 1 is 1.06 bits per heavy atom. The van der Waals surface area contributed by atoms with Crippen LogP contribution in [-0.2, 0) is 0 Å². The standard InChI is InChI=1S/C14H29N3/c1-16(2)13-7-9-17(10-8-13)11-12-5-3-4-6-14(12)15/h12-14H,3-11,15H2,1-2H3. The molecule has 2 atom stereocenters. The zero-order valence-corrected chi connectivity index (χ0v) is 11.6. The molecule has 0 amide bonds. The van der Waals surface area contributed by atoms with Crippen LogP contribution in [0.2, 0.25) is 0 Å². The molecule has 17 heavy (non-hydrogen) atoms. The maximum atomic E-state index is 6.24. The molecule has 0 radical (unpaired) electrons.